The first kappa shape index (κ1) is 16.8. The quantitative estimate of drug-likeness (QED) is 0.631. The third-order valence-corrected chi connectivity index (χ3v) is 5.25. The average molecular weight is 374 g/mol. The van der Waals surface area contributed by atoms with Crippen LogP contribution in [0, 0.1) is 11.8 Å². The lowest BCUT2D eigenvalue weighted by atomic mass is 9.85. The molecule has 1 aromatic carbocycles. The zero-order valence-corrected chi connectivity index (χ0v) is 14.4. The third kappa shape index (κ3) is 2.68. The zero-order valence-electron chi connectivity index (χ0n) is 13.7. The number of H-pyrrole nitrogens is 1. The van der Waals surface area contributed by atoms with Gasteiger partial charge in [0.25, 0.3) is 0 Å². The van der Waals surface area contributed by atoms with Crippen molar-refractivity contribution in [2.75, 3.05) is 0 Å². The van der Waals surface area contributed by atoms with Crippen LogP contribution in [0.5, 0.6) is 0 Å². The first-order valence-electron chi connectivity index (χ1n) is 8.34. The Kier molecular flexibility index (Phi) is 4.03. The first-order chi connectivity index (χ1) is 12.5. The lowest BCUT2D eigenvalue weighted by Gasteiger charge is -2.22. The summed E-state index contributed by atoms with van der Waals surface area (Å²) >= 11 is 5.95. The number of benzene rings is 1. The summed E-state index contributed by atoms with van der Waals surface area (Å²) in [7, 11) is 0. The smallest absolute Gasteiger partial charge is 0.327 e. The summed E-state index contributed by atoms with van der Waals surface area (Å²) in [6.45, 7) is 0. The van der Waals surface area contributed by atoms with E-state index in [4.69, 9.17) is 11.6 Å². The minimum atomic E-state index is -1.28. The van der Waals surface area contributed by atoms with Crippen molar-refractivity contribution in [3.05, 3.63) is 41.2 Å². The number of rotatable bonds is 4. The molecular formula is C18H16ClN3O4. The van der Waals surface area contributed by atoms with Crippen molar-refractivity contribution < 1.29 is 19.5 Å². The molecule has 1 saturated heterocycles. The highest BCUT2D eigenvalue weighted by Crippen LogP contribution is 2.36. The van der Waals surface area contributed by atoms with Gasteiger partial charge in [-0.15, -0.1) is 0 Å². The van der Waals surface area contributed by atoms with E-state index in [1.54, 1.807) is 18.2 Å². The number of amides is 2. The molecule has 134 valence electrons. The molecule has 1 fully saturated rings. The van der Waals surface area contributed by atoms with E-state index < -0.39 is 35.7 Å². The number of fused-ring (bicyclic) bond motifs is 2. The van der Waals surface area contributed by atoms with Gasteiger partial charge in [0, 0.05) is 11.4 Å². The number of likely N-dealkylation sites (tertiary alicyclic amines) is 1. The number of halogens is 1. The highest BCUT2D eigenvalue weighted by molar-refractivity contribution is 6.31. The van der Waals surface area contributed by atoms with Gasteiger partial charge in [-0.1, -0.05) is 23.8 Å². The molecule has 2 heterocycles. The van der Waals surface area contributed by atoms with Gasteiger partial charge in [0.2, 0.25) is 11.8 Å². The maximum absolute atomic E-state index is 12.7. The molecular weight excluding hydrogens is 358 g/mol. The minimum absolute atomic E-state index is 0.0774. The monoisotopic (exact) mass is 373 g/mol. The van der Waals surface area contributed by atoms with Crippen LogP contribution >= 0.6 is 11.6 Å². The fourth-order valence-corrected chi connectivity index (χ4v) is 3.91. The van der Waals surface area contributed by atoms with E-state index in [0.717, 1.165) is 4.90 Å². The Hall–Kier alpha value is -2.67. The molecule has 8 heteroatoms. The van der Waals surface area contributed by atoms with Gasteiger partial charge in [-0.25, -0.2) is 9.78 Å². The van der Waals surface area contributed by atoms with Gasteiger partial charge in [0.15, 0.2) is 0 Å². The van der Waals surface area contributed by atoms with Crippen LogP contribution in [0.1, 0.15) is 18.7 Å². The van der Waals surface area contributed by atoms with Crippen LogP contribution in [-0.4, -0.2) is 43.8 Å². The second-order valence-electron chi connectivity index (χ2n) is 6.61. The van der Waals surface area contributed by atoms with E-state index >= 15 is 0 Å². The molecule has 26 heavy (non-hydrogen) atoms. The Morgan fingerprint density at radius 1 is 1.27 bits per heavy atom. The van der Waals surface area contributed by atoms with Gasteiger partial charge in [-0.3, -0.25) is 14.5 Å². The number of allylic oxidation sites excluding steroid dienone is 2. The number of imidazole rings is 1. The molecule has 7 nitrogen and oxygen atoms in total. The van der Waals surface area contributed by atoms with Crippen LogP contribution < -0.4 is 0 Å². The Morgan fingerprint density at radius 2 is 1.92 bits per heavy atom. The summed E-state index contributed by atoms with van der Waals surface area (Å²) in [6.07, 6.45) is 4.61. The predicted octanol–water partition coefficient (Wildman–Crippen LogP) is 2.16. The lowest BCUT2D eigenvalue weighted by Crippen LogP contribution is -2.47. The van der Waals surface area contributed by atoms with E-state index in [-0.39, 0.29) is 6.42 Å². The van der Waals surface area contributed by atoms with E-state index in [2.05, 4.69) is 9.97 Å². The Morgan fingerprint density at radius 3 is 2.54 bits per heavy atom. The molecule has 2 amide bonds. The summed E-state index contributed by atoms with van der Waals surface area (Å²) in [6, 6.07) is 3.82. The number of aromatic nitrogens is 2. The predicted molar refractivity (Wildman–Crippen MR) is 93.4 cm³/mol. The number of carboxylic acids is 1. The summed E-state index contributed by atoms with van der Waals surface area (Å²) < 4.78 is 0. The summed E-state index contributed by atoms with van der Waals surface area (Å²) in [4.78, 5) is 45.4. The van der Waals surface area contributed by atoms with E-state index in [0.29, 0.717) is 34.7 Å². The van der Waals surface area contributed by atoms with Crippen LogP contribution in [0.25, 0.3) is 11.0 Å². The van der Waals surface area contributed by atoms with Crippen LogP contribution in [0.15, 0.2) is 30.4 Å². The van der Waals surface area contributed by atoms with Gasteiger partial charge in [-0.2, -0.15) is 0 Å². The summed E-state index contributed by atoms with van der Waals surface area (Å²) in [5.74, 6) is -2.56. The number of carbonyl (C=O) groups excluding carboxylic acids is 2. The molecule has 0 saturated carbocycles. The van der Waals surface area contributed by atoms with Crippen molar-refractivity contribution in [3.8, 4) is 0 Å². The molecule has 3 atom stereocenters. The third-order valence-electron chi connectivity index (χ3n) is 5.02. The van der Waals surface area contributed by atoms with Crippen molar-refractivity contribution in [1.29, 1.82) is 0 Å². The SMILES string of the molecule is O=C(O)[C@@H](Cc1nc2ccc(Cl)cc2[nH]1)N1C(=O)C2CC=CCC2C1=O. The average Bonchev–Trinajstić information content (AvgIpc) is 3.12. The molecule has 0 radical (unpaired) electrons. The molecule has 2 aromatic rings. The maximum atomic E-state index is 12.7. The zero-order chi connectivity index (χ0) is 18.4. The number of nitrogens with zero attached hydrogens (tertiary/aromatic N) is 2. The molecule has 0 bridgehead atoms. The number of carboxylic acid groups (broad SMARTS) is 1. The van der Waals surface area contributed by atoms with Gasteiger partial charge in [0.05, 0.1) is 22.9 Å². The normalized spacial score (nSPS) is 23.5. The van der Waals surface area contributed by atoms with Crippen molar-refractivity contribution in [2.24, 2.45) is 11.8 Å². The topological polar surface area (TPSA) is 103 Å². The van der Waals surface area contributed by atoms with E-state index in [1.807, 2.05) is 12.2 Å². The van der Waals surface area contributed by atoms with E-state index in [9.17, 15) is 19.5 Å². The van der Waals surface area contributed by atoms with Gasteiger partial charge >= 0.3 is 5.97 Å². The fourth-order valence-electron chi connectivity index (χ4n) is 3.74. The summed E-state index contributed by atoms with van der Waals surface area (Å²) in [5.41, 5.74) is 1.32. The molecule has 1 aromatic heterocycles. The minimum Gasteiger partial charge on any atom is -0.480 e. The van der Waals surface area contributed by atoms with Crippen molar-refractivity contribution in [3.63, 3.8) is 0 Å². The van der Waals surface area contributed by atoms with Crippen molar-refractivity contribution >= 4 is 40.4 Å². The molecule has 2 unspecified atom stereocenters. The highest BCUT2D eigenvalue weighted by atomic mass is 35.5. The lowest BCUT2D eigenvalue weighted by molar-refractivity contribution is -0.155. The van der Waals surface area contributed by atoms with Crippen LogP contribution in [0.4, 0.5) is 0 Å². The van der Waals surface area contributed by atoms with Gasteiger partial charge in [-0.05, 0) is 31.0 Å². The van der Waals surface area contributed by atoms with Gasteiger partial charge < -0.3 is 10.1 Å². The van der Waals surface area contributed by atoms with E-state index in [1.165, 1.54) is 0 Å². The largest absolute Gasteiger partial charge is 0.480 e. The number of hydrogen-bond acceptors (Lipinski definition) is 4. The van der Waals surface area contributed by atoms with Crippen molar-refractivity contribution in [1.82, 2.24) is 14.9 Å². The molecule has 0 spiro atoms. The second kappa shape index (κ2) is 6.25. The number of nitrogens with one attached hydrogen (secondary N) is 1. The molecule has 2 N–H and O–H groups in total. The number of imide groups is 1. The molecule has 2 aliphatic rings. The Balaban J connectivity index is 1.64. The van der Waals surface area contributed by atoms with Crippen LogP contribution in [0.3, 0.4) is 0 Å². The number of carbonyl (C=O) groups is 3. The van der Waals surface area contributed by atoms with Crippen LogP contribution in [-0.2, 0) is 20.8 Å². The second-order valence-corrected chi connectivity index (χ2v) is 7.04. The maximum Gasteiger partial charge on any atom is 0.327 e. The molecule has 4 rings (SSSR count). The molecule has 1 aliphatic carbocycles. The van der Waals surface area contributed by atoms with Gasteiger partial charge in [0.1, 0.15) is 11.9 Å². The standard InChI is InChI=1S/C18H16ClN3O4/c19-9-5-6-12-13(7-9)21-15(20-12)8-14(18(25)26)22-16(23)10-3-1-2-4-11(10)17(22)24/h1-2,5-7,10-11,14H,3-4,8H2,(H,20,21)(H,25,26)/t10?,11?,14-/m1/s1. The Labute approximate surface area is 153 Å². The fraction of sp³-hybridized carbons (Fsp3) is 0.333. The van der Waals surface area contributed by atoms with Crippen molar-refractivity contribution in [2.45, 2.75) is 25.3 Å². The number of aromatic amines is 1. The number of hydrogen-bond donors (Lipinski definition) is 2. The summed E-state index contributed by atoms with van der Waals surface area (Å²) in [5, 5.41) is 10.2. The molecule has 1 aliphatic heterocycles. The van der Waals surface area contributed by atoms with Crippen LogP contribution in [0.2, 0.25) is 5.02 Å². The Bertz CT molecular complexity index is 925. The first-order valence-corrected chi connectivity index (χ1v) is 8.72. The number of aliphatic carboxylic acids is 1. The highest BCUT2D eigenvalue weighted by Gasteiger charge is 2.51.